The Bertz CT molecular complexity index is 1080. The maximum absolute atomic E-state index is 14.9. The van der Waals surface area contributed by atoms with Crippen LogP contribution in [0.4, 0.5) is 8.78 Å². The molecular formula is C24H29ClF2N2O4S. The van der Waals surface area contributed by atoms with E-state index in [1.165, 1.54) is 0 Å². The summed E-state index contributed by atoms with van der Waals surface area (Å²) in [5.41, 5.74) is -0.750. The molecule has 0 bridgehead atoms. The molecule has 2 aromatic carbocycles. The Morgan fingerprint density at radius 1 is 1.18 bits per heavy atom. The Balaban J connectivity index is 1.48. The van der Waals surface area contributed by atoms with Gasteiger partial charge in [0.1, 0.15) is 17.7 Å². The van der Waals surface area contributed by atoms with Gasteiger partial charge in [-0.05, 0) is 67.8 Å². The summed E-state index contributed by atoms with van der Waals surface area (Å²) >= 11 is 5.85. The van der Waals surface area contributed by atoms with Crippen LogP contribution < -0.4 is 10.1 Å². The third-order valence-electron chi connectivity index (χ3n) is 5.92. The maximum atomic E-state index is 14.9. The molecule has 1 saturated heterocycles. The van der Waals surface area contributed by atoms with Gasteiger partial charge in [-0.1, -0.05) is 25.4 Å². The molecule has 186 valence electrons. The summed E-state index contributed by atoms with van der Waals surface area (Å²) in [7, 11) is -3.94. The molecule has 2 atom stereocenters. The van der Waals surface area contributed by atoms with Crippen LogP contribution >= 0.6 is 11.6 Å². The Kier molecular flexibility index (Phi) is 8.54. The highest BCUT2D eigenvalue weighted by Crippen LogP contribution is 2.26. The summed E-state index contributed by atoms with van der Waals surface area (Å²) in [6, 6.07) is 10.6. The van der Waals surface area contributed by atoms with Crippen molar-refractivity contribution in [3.63, 3.8) is 0 Å². The lowest BCUT2D eigenvalue weighted by Crippen LogP contribution is -2.55. The first kappa shape index (κ1) is 26.4. The second kappa shape index (κ2) is 11.0. The molecule has 1 fully saturated rings. The van der Waals surface area contributed by atoms with E-state index in [1.54, 1.807) is 38.1 Å². The highest BCUT2D eigenvalue weighted by molar-refractivity contribution is 7.89. The standard InChI is InChI=1S/C24H29ClF2N2O4S/c1-24(2,13-3-15-33-19-8-4-17(25)5-9-19)23(30)28-22-12-14-29(16-21(22)27)34(31,32)20-10-6-18(26)7-11-20/h4-11,21-22H,3,12-16H2,1-2H3,(H,28,30)/t21-,22-/m1/s1. The fourth-order valence-electron chi connectivity index (χ4n) is 3.73. The highest BCUT2D eigenvalue weighted by Gasteiger charge is 2.38. The first-order valence-corrected chi connectivity index (χ1v) is 12.9. The fourth-order valence-corrected chi connectivity index (χ4v) is 5.31. The summed E-state index contributed by atoms with van der Waals surface area (Å²) in [5, 5.41) is 3.37. The van der Waals surface area contributed by atoms with Gasteiger partial charge in [0, 0.05) is 23.5 Å². The smallest absolute Gasteiger partial charge is 0.243 e. The molecule has 0 aliphatic carbocycles. The number of amides is 1. The molecule has 0 saturated carbocycles. The van der Waals surface area contributed by atoms with E-state index in [1.807, 2.05) is 0 Å². The van der Waals surface area contributed by atoms with Gasteiger partial charge in [-0.2, -0.15) is 4.31 Å². The van der Waals surface area contributed by atoms with Gasteiger partial charge < -0.3 is 10.1 Å². The maximum Gasteiger partial charge on any atom is 0.243 e. The monoisotopic (exact) mass is 514 g/mol. The molecule has 34 heavy (non-hydrogen) atoms. The molecule has 1 heterocycles. The first-order valence-electron chi connectivity index (χ1n) is 11.1. The van der Waals surface area contributed by atoms with E-state index in [-0.39, 0.29) is 30.3 Å². The zero-order chi connectivity index (χ0) is 24.9. The molecule has 1 N–H and O–H groups in total. The minimum atomic E-state index is -3.94. The fraction of sp³-hybridized carbons (Fsp3) is 0.458. The van der Waals surface area contributed by atoms with Crippen LogP contribution in [0.2, 0.25) is 5.02 Å². The van der Waals surface area contributed by atoms with Crippen molar-refractivity contribution in [1.29, 1.82) is 0 Å². The Morgan fingerprint density at radius 3 is 2.44 bits per heavy atom. The van der Waals surface area contributed by atoms with E-state index >= 15 is 0 Å². The minimum absolute atomic E-state index is 0.0560. The number of hydrogen-bond donors (Lipinski definition) is 1. The molecule has 1 aliphatic heterocycles. The van der Waals surface area contributed by atoms with E-state index in [4.69, 9.17) is 16.3 Å². The van der Waals surface area contributed by atoms with Crippen molar-refractivity contribution < 1.29 is 26.7 Å². The highest BCUT2D eigenvalue weighted by atomic mass is 35.5. The van der Waals surface area contributed by atoms with Crippen LogP contribution in [0.15, 0.2) is 53.4 Å². The lowest BCUT2D eigenvalue weighted by molar-refractivity contribution is -0.131. The number of rotatable bonds is 9. The quantitative estimate of drug-likeness (QED) is 0.497. The average molecular weight is 515 g/mol. The number of carbonyl (C=O) groups is 1. The summed E-state index contributed by atoms with van der Waals surface area (Å²) in [6.07, 6.45) is -0.266. The van der Waals surface area contributed by atoms with Crippen molar-refractivity contribution in [3.05, 3.63) is 59.4 Å². The topological polar surface area (TPSA) is 75.7 Å². The molecule has 0 unspecified atom stereocenters. The van der Waals surface area contributed by atoms with Crippen molar-refractivity contribution in [1.82, 2.24) is 9.62 Å². The predicted octanol–water partition coefficient (Wildman–Crippen LogP) is 4.58. The number of nitrogens with zero attached hydrogens (tertiary/aromatic N) is 1. The van der Waals surface area contributed by atoms with Gasteiger partial charge in [0.25, 0.3) is 0 Å². The Hall–Kier alpha value is -2.23. The van der Waals surface area contributed by atoms with Gasteiger partial charge in [0.15, 0.2) is 0 Å². The van der Waals surface area contributed by atoms with Crippen LogP contribution in [0, 0.1) is 11.2 Å². The largest absolute Gasteiger partial charge is 0.494 e. The lowest BCUT2D eigenvalue weighted by Gasteiger charge is -2.36. The van der Waals surface area contributed by atoms with Gasteiger partial charge in [-0.25, -0.2) is 17.2 Å². The predicted molar refractivity (Wildman–Crippen MR) is 127 cm³/mol. The Morgan fingerprint density at radius 2 is 1.82 bits per heavy atom. The van der Waals surface area contributed by atoms with Crippen molar-refractivity contribution >= 4 is 27.5 Å². The number of halogens is 3. The van der Waals surface area contributed by atoms with Crippen molar-refractivity contribution in [2.75, 3.05) is 19.7 Å². The molecule has 1 aliphatic rings. The number of benzene rings is 2. The second-order valence-corrected chi connectivity index (χ2v) is 11.4. The van der Waals surface area contributed by atoms with E-state index in [2.05, 4.69) is 5.32 Å². The van der Waals surface area contributed by atoms with Crippen LogP contribution in [0.1, 0.15) is 33.1 Å². The summed E-state index contributed by atoms with van der Waals surface area (Å²) in [5.74, 6) is -0.154. The molecule has 2 aromatic rings. The van der Waals surface area contributed by atoms with E-state index in [0.29, 0.717) is 30.2 Å². The summed E-state index contributed by atoms with van der Waals surface area (Å²) in [4.78, 5) is 12.7. The molecule has 10 heteroatoms. The molecule has 0 radical (unpaired) electrons. The number of piperidine rings is 1. The molecule has 0 aromatic heterocycles. The van der Waals surface area contributed by atoms with Crippen molar-refractivity contribution in [2.24, 2.45) is 5.41 Å². The van der Waals surface area contributed by atoms with Gasteiger partial charge >= 0.3 is 0 Å². The first-order chi connectivity index (χ1) is 16.0. The third kappa shape index (κ3) is 6.67. The summed E-state index contributed by atoms with van der Waals surface area (Å²) < 4.78 is 60.1. The SMILES string of the molecule is CC(C)(CCCOc1ccc(Cl)cc1)C(=O)N[C@@H]1CCN(S(=O)(=O)c2ccc(F)cc2)C[C@H]1F. The number of alkyl halides is 1. The number of carbonyl (C=O) groups excluding carboxylic acids is 1. The normalized spacial score (nSPS) is 19.6. The van der Waals surface area contributed by atoms with E-state index in [9.17, 15) is 22.0 Å². The van der Waals surface area contributed by atoms with Crippen LogP contribution in [-0.2, 0) is 14.8 Å². The second-order valence-electron chi connectivity index (χ2n) is 8.99. The molecule has 1 amide bonds. The Labute approximate surface area is 204 Å². The van der Waals surface area contributed by atoms with E-state index in [0.717, 1.165) is 28.6 Å². The zero-order valence-electron chi connectivity index (χ0n) is 19.1. The van der Waals surface area contributed by atoms with Gasteiger partial charge in [-0.15, -0.1) is 0 Å². The summed E-state index contributed by atoms with van der Waals surface area (Å²) in [6.45, 7) is 3.67. The molecule has 0 spiro atoms. The number of ether oxygens (including phenoxy) is 1. The third-order valence-corrected chi connectivity index (χ3v) is 8.05. The number of hydrogen-bond acceptors (Lipinski definition) is 4. The molecule has 6 nitrogen and oxygen atoms in total. The molecule has 3 rings (SSSR count). The number of sulfonamides is 1. The average Bonchev–Trinajstić information content (AvgIpc) is 2.79. The van der Waals surface area contributed by atoms with Crippen LogP contribution in [0.3, 0.4) is 0 Å². The van der Waals surface area contributed by atoms with Crippen molar-refractivity contribution in [3.8, 4) is 5.75 Å². The number of nitrogens with one attached hydrogen (secondary N) is 1. The van der Waals surface area contributed by atoms with Crippen LogP contribution in [0.5, 0.6) is 5.75 Å². The minimum Gasteiger partial charge on any atom is -0.494 e. The van der Waals surface area contributed by atoms with E-state index < -0.39 is 33.5 Å². The van der Waals surface area contributed by atoms with Gasteiger partial charge in [0.2, 0.25) is 15.9 Å². The molecular weight excluding hydrogens is 486 g/mol. The van der Waals surface area contributed by atoms with Crippen molar-refractivity contribution in [2.45, 2.75) is 50.2 Å². The van der Waals surface area contributed by atoms with Crippen LogP contribution in [-0.4, -0.2) is 50.5 Å². The van der Waals surface area contributed by atoms with Crippen LogP contribution in [0.25, 0.3) is 0 Å². The lowest BCUT2D eigenvalue weighted by atomic mass is 9.86. The zero-order valence-corrected chi connectivity index (χ0v) is 20.7. The van der Waals surface area contributed by atoms with Gasteiger partial charge in [-0.3, -0.25) is 4.79 Å². The van der Waals surface area contributed by atoms with Gasteiger partial charge in [0.05, 0.1) is 17.5 Å².